The number of halogens is 3. The van der Waals surface area contributed by atoms with E-state index in [2.05, 4.69) is 0 Å². The summed E-state index contributed by atoms with van der Waals surface area (Å²) in [7, 11) is 0. The van der Waals surface area contributed by atoms with Crippen LogP contribution in [0.15, 0.2) is 78.9 Å². The number of carbonyl (C=O) groups is 2. The van der Waals surface area contributed by atoms with E-state index in [4.69, 9.17) is 29.3 Å². The summed E-state index contributed by atoms with van der Waals surface area (Å²) < 4.78 is 11.9. The van der Waals surface area contributed by atoms with Gasteiger partial charge in [0.15, 0.2) is 0 Å². The van der Waals surface area contributed by atoms with E-state index in [1.807, 2.05) is 6.07 Å². The van der Waals surface area contributed by atoms with Gasteiger partial charge in [-0.3, -0.25) is 0 Å². The molecule has 3 aromatic rings. The Balaban J connectivity index is 1.81. The van der Waals surface area contributed by atoms with Crippen molar-refractivity contribution < 1.29 is 15.7 Å². The van der Waals surface area contributed by atoms with Gasteiger partial charge in [-0.25, -0.2) is 0 Å². The standard InChI is InChI=1S/C20H13Cl2IO4/c21-16-10-6-14(7-11-16)19(24)26-23(18-4-2-1-3-5-18)27-20(25)15-8-12-17(22)13-9-15/h1-13H. The van der Waals surface area contributed by atoms with Gasteiger partial charge in [-0.2, -0.15) is 0 Å². The molecule has 0 spiro atoms. The van der Waals surface area contributed by atoms with Crippen LogP contribution in [0.1, 0.15) is 20.7 Å². The van der Waals surface area contributed by atoms with Crippen molar-refractivity contribution in [2.45, 2.75) is 0 Å². The van der Waals surface area contributed by atoms with E-state index in [0.717, 1.165) is 0 Å². The molecule has 0 radical (unpaired) electrons. The Hall–Kier alpha value is -2.09. The van der Waals surface area contributed by atoms with Crippen molar-refractivity contribution in [3.63, 3.8) is 0 Å². The zero-order valence-corrected chi connectivity index (χ0v) is 17.4. The molecule has 0 unspecified atom stereocenters. The molecule has 3 aromatic carbocycles. The molecular weight excluding hydrogens is 502 g/mol. The summed E-state index contributed by atoms with van der Waals surface area (Å²) in [5.74, 6) is -1.13. The monoisotopic (exact) mass is 514 g/mol. The van der Waals surface area contributed by atoms with Crippen molar-refractivity contribution >= 4 is 55.8 Å². The minimum absolute atomic E-state index is 0.333. The average Bonchev–Trinajstić information content (AvgIpc) is 2.69. The van der Waals surface area contributed by atoms with Crippen molar-refractivity contribution in [3.8, 4) is 0 Å². The molecule has 0 heterocycles. The van der Waals surface area contributed by atoms with Gasteiger partial charge in [-0.1, -0.05) is 0 Å². The molecule has 0 aliphatic heterocycles. The first-order valence-electron chi connectivity index (χ1n) is 7.75. The number of hydrogen-bond acceptors (Lipinski definition) is 4. The zero-order chi connectivity index (χ0) is 19.2. The molecule has 138 valence electrons. The second kappa shape index (κ2) is 9.21. The Bertz CT molecular complexity index is 869. The summed E-state index contributed by atoms with van der Waals surface area (Å²) >= 11 is 8.64. The maximum atomic E-state index is 12.5. The Morgan fingerprint density at radius 3 is 1.44 bits per heavy atom. The molecule has 4 nitrogen and oxygen atoms in total. The van der Waals surface area contributed by atoms with Crippen LogP contribution in [0.4, 0.5) is 0 Å². The van der Waals surface area contributed by atoms with Gasteiger partial charge >= 0.3 is 175 Å². The summed E-state index contributed by atoms with van der Waals surface area (Å²) in [5.41, 5.74) is 0.667. The van der Waals surface area contributed by atoms with E-state index in [1.54, 1.807) is 72.8 Å². The van der Waals surface area contributed by atoms with Crippen LogP contribution in [0, 0.1) is 3.57 Å². The fraction of sp³-hybridized carbons (Fsp3) is 0. The Morgan fingerprint density at radius 1 is 0.630 bits per heavy atom. The molecule has 7 heteroatoms. The SMILES string of the molecule is O=C(OI(OC(=O)c1ccc(Cl)cc1)c1ccccc1)c1ccc(Cl)cc1. The molecular formula is C20H13Cl2IO4. The van der Waals surface area contributed by atoms with Crippen LogP contribution in [-0.4, -0.2) is 11.9 Å². The first-order valence-corrected chi connectivity index (χ1v) is 11.3. The first-order chi connectivity index (χ1) is 13.0. The van der Waals surface area contributed by atoms with E-state index >= 15 is 0 Å². The summed E-state index contributed by atoms with van der Waals surface area (Å²) in [6, 6.07) is 21.6. The van der Waals surface area contributed by atoms with Gasteiger partial charge in [0.05, 0.1) is 0 Å². The average molecular weight is 515 g/mol. The van der Waals surface area contributed by atoms with Gasteiger partial charge in [0, 0.05) is 0 Å². The molecule has 0 aliphatic carbocycles. The molecule has 0 aliphatic rings. The number of benzene rings is 3. The third-order valence-corrected chi connectivity index (χ3v) is 7.19. The summed E-state index contributed by atoms with van der Waals surface area (Å²) in [5, 5.41) is 1.03. The third kappa shape index (κ3) is 5.45. The van der Waals surface area contributed by atoms with E-state index in [1.165, 1.54) is 0 Å². The van der Waals surface area contributed by atoms with Gasteiger partial charge in [-0.05, 0) is 0 Å². The minimum atomic E-state index is -3.05. The van der Waals surface area contributed by atoms with E-state index in [0.29, 0.717) is 24.7 Å². The molecule has 0 bridgehead atoms. The predicted octanol–water partition coefficient (Wildman–Crippen LogP) is 6.21. The van der Waals surface area contributed by atoms with Crippen molar-refractivity contribution in [1.29, 1.82) is 0 Å². The quantitative estimate of drug-likeness (QED) is 0.379. The summed E-state index contributed by atoms with van der Waals surface area (Å²) in [4.78, 5) is 24.9. The topological polar surface area (TPSA) is 52.6 Å². The number of hydrogen-bond donors (Lipinski definition) is 0. The zero-order valence-electron chi connectivity index (χ0n) is 13.8. The second-order valence-electron chi connectivity index (χ2n) is 5.26. The molecule has 0 atom stereocenters. The molecule has 3 rings (SSSR count). The van der Waals surface area contributed by atoms with E-state index in [-0.39, 0.29) is 0 Å². The Morgan fingerprint density at radius 2 is 1.04 bits per heavy atom. The maximum absolute atomic E-state index is 12.5. The third-order valence-electron chi connectivity index (χ3n) is 3.35. The molecule has 0 aromatic heterocycles. The van der Waals surface area contributed by atoms with Gasteiger partial charge in [0.2, 0.25) is 0 Å². The van der Waals surface area contributed by atoms with Crippen LogP contribution in [0.25, 0.3) is 0 Å². The molecule has 0 N–H and O–H groups in total. The molecule has 0 saturated heterocycles. The van der Waals surface area contributed by atoms with Crippen molar-refractivity contribution in [2.75, 3.05) is 0 Å². The van der Waals surface area contributed by atoms with Gasteiger partial charge in [-0.15, -0.1) is 0 Å². The van der Waals surface area contributed by atoms with Gasteiger partial charge in [0.25, 0.3) is 0 Å². The van der Waals surface area contributed by atoms with Gasteiger partial charge < -0.3 is 0 Å². The molecule has 0 amide bonds. The van der Waals surface area contributed by atoms with Crippen molar-refractivity contribution in [2.24, 2.45) is 0 Å². The molecule has 27 heavy (non-hydrogen) atoms. The molecule has 0 fully saturated rings. The first kappa shape index (κ1) is 19.7. The van der Waals surface area contributed by atoms with Crippen LogP contribution < -0.4 is 0 Å². The normalized spacial score (nSPS) is 10.8. The van der Waals surface area contributed by atoms with Crippen LogP contribution in [-0.2, 0) is 6.13 Å². The van der Waals surface area contributed by atoms with Crippen LogP contribution in [0.3, 0.4) is 0 Å². The fourth-order valence-corrected chi connectivity index (χ4v) is 5.10. The Labute approximate surface area is 174 Å². The van der Waals surface area contributed by atoms with Crippen molar-refractivity contribution in [3.05, 3.63) is 104 Å². The summed E-state index contributed by atoms with van der Waals surface area (Å²) in [6.45, 7) is 0. The molecule has 0 saturated carbocycles. The number of carbonyl (C=O) groups excluding carboxylic acids is 2. The second-order valence-corrected chi connectivity index (χ2v) is 9.50. The number of rotatable bonds is 5. The van der Waals surface area contributed by atoms with Gasteiger partial charge in [0.1, 0.15) is 0 Å². The van der Waals surface area contributed by atoms with E-state index in [9.17, 15) is 9.59 Å². The van der Waals surface area contributed by atoms with Crippen molar-refractivity contribution in [1.82, 2.24) is 0 Å². The predicted molar refractivity (Wildman–Crippen MR) is 113 cm³/mol. The summed E-state index contributed by atoms with van der Waals surface area (Å²) in [6.07, 6.45) is 0. The van der Waals surface area contributed by atoms with Crippen LogP contribution in [0.5, 0.6) is 0 Å². The van der Waals surface area contributed by atoms with E-state index < -0.39 is 32.6 Å². The van der Waals surface area contributed by atoms with Crippen LogP contribution >= 0.6 is 43.9 Å². The van der Waals surface area contributed by atoms with Crippen LogP contribution in [0.2, 0.25) is 10.0 Å². The Kier molecular flexibility index (Phi) is 6.71. The fourth-order valence-electron chi connectivity index (χ4n) is 2.01.